The van der Waals surface area contributed by atoms with E-state index in [1.807, 2.05) is 18.2 Å². The first kappa shape index (κ1) is 24.1. The standard InChI is InChI=1S/C24H22ClF3O3S/c1-2-3-4-5-17-6-8-18(9-7-17)20-12-15-22(23(25)16-20)19-10-13-21(14-11-19)31-32(29,30)24(26,27)28/h6-16H,2-5H2,1H3. The normalized spacial score (nSPS) is 12.0. The zero-order valence-corrected chi connectivity index (χ0v) is 18.9. The van der Waals surface area contributed by atoms with Crippen molar-refractivity contribution < 1.29 is 25.8 Å². The van der Waals surface area contributed by atoms with Crippen LogP contribution in [0.3, 0.4) is 0 Å². The highest BCUT2D eigenvalue weighted by Crippen LogP contribution is 2.34. The summed E-state index contributed by atoms with van der Waals surface area (Å²) in [5, 5.41) is 0.464. The monoisotopic (exact) mass is 482 g/mol. The van der Waals surface area contributed by atoms with Crippen LogP contribution in [0.4, 0.5) is 13.2 Å². The van der Waals surface area contributed by atoms with E-state index in [4.69, 9.17) is 11.6 Å². The number of unbranched alkanes of at least 4 members (excludes halogenated alkanes) is 2. The van der Waals surface area contributed by atoms with Crippen molar-refractivity contribution in [3.63, 3.8) is 0 Å². The minimum Gasteiger partial charge on any atom is -0.376 e. The van der Waals surface area contributed by atoms with Crippen LogP contribution >= 0.6 is 11.6 Å². The Morgan fingerprint density at radius 3 is 2.00 bits per heavy atom. The molecule has 0 aliphatic carbocycles. The Hall–Kier alpha value is -2.51. The van der Waals surface area contributed by atoms with E-state index in [9.17, 15) is 21.6 Å². The Labute approximate surface area is 190 Å². The maximum absolute atomic E-state index is 12.5. The summed E-state index contributed by atoms with van der Waals surface area (Å²) in [7, 11) is -5.71. The topological polar surface area (TPSA) is 43.4 Å². The lowest BCUT2D eigenvalue weighted by Gasteiger charge is -2.11. The maximum Gasteiger partial charge on any atom is 0.534 e. The maximum atomic E-state index is 12.5. The summed E-state index contributed by atoms with van der Waals surface area (Å²) >= 11 is 6.46. The van der Waals surface area contributed by atoms with E-state index in [1.54, 1.807) is 0 Å². The largest absolute Gasteiger partial charge is 0.534 e. The summed E-state index contributed by atoms with van der Waals surface area (Å²) in [6.45, 7) is 2.18. The number of aryl methyl sites for hydroxylation is 1. The molecule has 0 heterocycles. The van der Waals surface area contributed by atoms with Gasteiger partial charge in [-0.2, -0.15) is 21.6 Å². The van der Waals surface area contributed by atoms with Gasteiger partial charge in [0.15, 0.2) is 0 Å². The molecule has 0 aliphatic heterocycles. The first-order chi connectivity index (χ1) is 15.1. The SMILES string of the molecule is CCCCCc1ccc(-c2ccc(-c3ccc(OS(=O)(=O)C(F)(F)F)cc3)c(Cl)c2)cc1. The minimum atomic E-state index is -5.71. The second-order valence-corrected chi connectivity index (χ2v) is 9.30. The predicted molar refractivity (Wildman–Crippen MR) is 121 cm³/mol. The van der Waals surface area contributed by atoms with E-state index in [1.165, 1.54) is 37.0 Å². The summed E-state index contributed by atoms with van der Waals surface area (Å²) < 4.78 is 63.7. The van der Waals surface area contributed by atoms with Gasteiger partial charge in [-0.15, -0.1) is 0 Å². The summed E-state index contributed by atoms with van der Waals surface area (Å²) in [5.41, 5.74) is -0.950. The lowest BCUT2D eigenvalue weighted by Crippen LogP contribution is -2.28. The van der Waals surface area contributed by atoms with Gasteiger partial charge in [0, 0.05) is 10.6 Å². The van der Waals surface area contributed by atoms with E-state index in [2.05, 4.69) is 35.4 Å². The zero-order chi connectivity index (χ0) is 23.4. The lowest BCUT2D eigenvalue weighted by molar-refractivity contribution is -0.0500. The molecule has 170 valence electrons. The highest BCUT2D eigenvalue weighted by molar-refractivity contribution is 7.88. The van der Waals surface area contributed by atoms with E-state index in [0.717, 1.165) is 29.7 Å². The Bertz CT molecular complexity index is 1160. The van der Waals surface area contributed by atoms with Crippen LogP contribution in [0.25, 0.3) is 22.3 Å². The van der Waals surface area contributed by atoms with Gasteiger partial charge in [0.1, 0.15) is 5.75 Å². The second kappa shape index (κ2) is 9.96. The zero-order valence-electron chi connectivity index (χ0n) is 17.3. The molecular formula is C24H22ClF3O3S. The molecule has 3 aromatic rings. The molecule has 3 rings (SSSR count). The van der Waals surface area contributed by atoms with Gasteiger partial charge >= 0.3 is 15.6 Å². The molecule has 0 bridgehead atoms. The third-order valence-corrected chi connectivity index (χ3v) is 6.27. The number of rotatable bonds is 8. The third-order valence-electron chi connectivity index (χ3n) is 4.98. The number of benzene rings is 3. The van der Waals surface area contributed by atoms with Crippen molar-refractivity contribution in [2.75, 3.05) is 0 Å². The molecule has 0 aromatic heterocycles. The molecule has 0 fully saturated rings. The molecule has 0 aliphatic rings. The Morgan fingerprint density at radius 1 is 0.844 bits per heavy atom. The van der Waals surface area contributed by atoms with Crippen LogP contribution in [-0.4, -0.2) is 13.9 Å². The molecule has 0 saturated carbocycles. The van der Waals surface area contributed by atoms with Crippen LogP contribution in [0.15, 0.2) is 66.7 Å². The Morgan fingerprint density at radius 2 is 1.44 bits per heavy atom. The fourth-order valence-corrected chi connectivity index (χ4v) is 3.98. The number of halogens is 4. The molecule has 0 spiro atoms. The van der Waals surface area contributed by atoms with Crippen molar-refractivity contribution in [2.24, 2.45) is 0 Å². The number of hydrogen-bond acceptors (Lipinski definition) is 3. The van der Waals surface area contributed by atoms with Gasteiger partial charge in [-0.25, -0.2) is 0 Å². The highest BCUT2D eigenvalue weighted by atomic mass is 35.5. The van der Waals surface area contributed by atoms with Gasteiger partial charge < -0.3 is 4.18 Å². The molecule has 0 saturated heterocycles. The van der Waals surface area contributed by atoms with Gasteiger partial charge in [-0.1, -0.05) is 79.9 Å². The molecule has 0 radical (unpaired) electrons. The van der Waals surface area contributed by atoms with Crippen molar-refractivity contribution in [1.82, 2.24) is 0 Å². The lowest BCUT2D eigenvalue weighted by atomic mass is 9.98. The van der Waals surface area contributed by atoms with Crippen LogP contribution in [0.2, 0.25) is 5.02 Å². The Kier molecular flexibility index (Phi) is 7.51. The quantitative estimate of drug-likeness (QED) is 0.188. The molecular weight excluding hydrogens is 461 g/mol. The Balaban J connectivity index is 1.75. The molecule has 0 unspecified atom stereocenters. The van der Waals surface area contributed by atoms with E-state index < -0.39 is 21.4 Å². The van der Waals surface area contributed by atoms with Crippen LogP contribution in [0.1, 0.15) is 31.7 Å². The summed E-state index contributed by atoms with van der Waals surface area (Å²) in [4.78, 5) is 0. The summed E-state index contributed by atoms with van der Waals surface area (Å²) in [5.74, 6) is -0.433. The van der Waals surface area contributed by atoms with Crippen molar-refractivity contribution >= 4 is 21.7 Å². The van der Waals surface area contributed by atoms with E-state index >= 15 is 0 Å². The van der Waals surface area contributed by atoms with Crippen molar-refractivity contribution in [3.8, 4) is 28.0 Å². The van der Waals surface area contributed by atoms with Crippen molar-refractivity contribution in [2.45, 2.75) is 38.1 Å². The van der Waals surface area contributed by atoms with Gasteiger partial charge in [0.05, 0.1) is 0 Å². The van der Waals surface area contributed by atoms with Gasteiger partial charge in [-0.3, -0.25) is 0 Å². The molecule has 8 heteroatoms. The smallest absolute Gasteiger partial charge is 0.376 e. The minimum absolute atomic E-state index is 0.433. The molecule has 0 amide bonds. The number of hydrogen-bond donors (Lipinski definition) is 0. The highest BCUT2D eigenvalue weighted by Gasteiger charge is 2.48. The van der Waals surface area contributed by atoms with Gasteiger partial charge in [0.25, 0.3) is 0 Å². The van der Waals surface area contributed by atoms with E-state index in [-0.39, 0.29) is 0 Å². The molecule has 0 N–H and O–H groups in total. The fourth-order valence-electron chi connectivity index (χ4n) is 3.24. The predicted octanol–water partition coefficient (Wildman–Crippen LogP) is 7.64. The van der Waals surface area contributed by atoms with Crippen LogP contribution < -0.4 is 4.18 Å². The third kappa shape index (κ3) is 5.84. The van der Waals surface area contributed by atoms with Crippen LogP contribution in [0, 0.1) is 0 Å². The average molecular weight is 483 g/mol. The second-order valence-electron chi connectivity index (χ2n) is 7.36. The fraction of sp³-hybridized carbons (Fsp3) is 0.250. The van der Waals surface area contributed by atoms with Crippen LogP contribution in [0.5, 0.6) is 5.75 Å². The first-order valence-electron chi connectivity index (χ1n) is 10.1. The van der Waals surface area contributed by atoms with E-state index in [0.29, 0.717) is 16.1 Å². The van der Waals surface area contributed by atoms with Gasteiger partial charge in [0.2, 0.25) is 0 Å². The van der Waals surface area contributed by atoms with Crippen LogP contribution in [-0.2, 0) is 16.5 Å². The average Bonchev–Trinajstić information content (AvgIpc) is 2.74. The molecule has 32 heavy (non-hydrogen) atoms. The van der Waals surface area contributed by atoms with Crippen molar-refractivity contribution in [3.05, 3.63) is 77.3 Å². The van der Waals surface area contributed by atoms with Crippen molar-refractivity contribution in [1.29, 1.82) is 0 Å². The van der Waals surface area contributed by atoms with Gasteiger partial charge in [-0.05, 0) is 53.3 Å². The molecule has 3 aromatic carbocycles. The summed E-state index contributed by atoms with van der Waals surface area (Å²) in [6.07, 6.45) is 4.62. The number of alkyl halides is 3. The molecule has 3 nitrogen and oxygen atoms in total. The molecule has 0 atom stereocenters. The summed E-state index contributed by atoms with van der Waals surface area (Å²) in [6, 6.07) is 19.1. The first-order valence-corrected chi connectivity index (χ1v) is 11.9.